The summed E-state index contributed by atoms with van der Waals surface area (Å²) in [7, 11) is -3.60. The zero-order chi connectivity index (χ0) is 13.9. The molecular formula is C12H20N4O2S. The highest BCUT2D eigenvalue weighted by Gasteiger charge is 2.21. The number of sulfonamides is 1. The molecule has 1 aromatic heterocycles. The van der Waals surface area contributed by atoms with Gasteiger partial charge in [-0.2, -0.15) is 0 Å². The summed E-state index contributed by atoms with van der Waals surface area (Å²) in [5.74, 6) is 0.342. The summed E-state index contributed by atoms with van der Waals surface area (Å²) in [5, 5.41) is 3.13. The highest BCUT2D eigenvalue weighted by Crippen LogP contribution is 2.10. The predicted molar refractivity (Wildman–Crippen MR) is 72.3 cm³/mol. The second-order valence-electron chi connectivity index (χ2n) is 5.00. The number of nitrogens with zero attached hydrogens (tertiary/aromatic N) is 2. The van der Waals surface area contributed by atoms with Gasteiger partial charge in [-0.05, 0) is 51.8 Å². The zero-order valence-corrected chi connectivity index (χ0v) is 12.1. The first kappa shape index (κ1) is 14.4. The Labute approximate surface area is 114 Å². The first-order valence-electron chi connectivity index (χ1n) is 6.50. The van der Waals surface area contributed by atoms with Crippen LogP contribution in [0.3, 0.4) is 0 Å². The Hall–Kier alpha value is -1.05. The van der Waals surface area contributed by atoms with Gasteiger partial charge in [-0.3, -0.25) is 0 Å². The van der Waals surface area contributed by atoms with Gasteiger partial charge in [0.2, 0.25) is 0 Å². The molecule has 1 saturated heterocycles. The zero-order valence-electron chi connectivity index (χ0n) is 11.3. The lowest BCUT2D eigenvalue weighted by atomic mass is 10.0. The Balaban J connectivity index is 2.04. The second kappa shape index (κ2) is 5.94. The van der Waals surface area contributed by atoms with Crippen LogP contribution >= 0.6 is 0 Å². The van der Waals surface area contributed by atoms with Gasteiger partial charge in [-0.25, -0.2) is 23.1 Å². The van der Waals surface area contributed by atoms with Gasteiger partial charge in [0, 0.05) is 17.9 Å². The van der Waals surface area contributed by atoms with Crippen molar-refractivity contribution in [3.05, 3.63) is 17.5 Å². The van der Waals surface area contributed by atoms with E-state index in [-0.39, 0.29) is 5.16 Å². The summed E-state index contributed by atoms with van der Waals surface area (Å²) in [6.45, 7) is 5.84. The molecule has 0 aliphatic carbocycles. The fourth-order valence-electron chi connectivity index (χ4n) is 2.20. The van der Waals surface area contributed by atoms with Crippen LogP contribution in [0.5, 0.6) is 0 Å². The molecule has 1 aliphatic heterocycles. The maximum absolute atomic E-state index is 12.1. The molecule has 0 bridgehead atoms. The first-order valence-corrected chi connectivity index (χ1v) is 7.98. The molecule has 6 nitrogen and oxygen atoms in total. The monoisotopic (exact) mass is 284 g/mol. The average molecular weight is 284 g/mol. The molecule has 0 aromatic carbocycles. The highest BCUT2D eigenvalue weighted by molar-refractivity contribution is 7.89. The average Bonchev–Trinajstić information content (AvgIpc) is 2.37. The lowest BCUT2D eigenvalue weighted by Crippen LogP contribution is -2.38. The highest BCUT2D eigenvalue weighted by atomic mass is 32.2. The molecule has 2 N–H and O–H groups in total. The summed E-state index contributed by atoms with van der Waals surface area (Å²) in [5.41, 5.74) is 1.32. The molecular weight excluding hydrogens is 264 g/mol. The smallest absolute Gasteiger partial charge is 0.276 e. The van der Waals surface area contributed by atoms with Crippen LogP contribution in [0.2, 0.25) is 0 Å². The van der Waals surface area contributed by atoms with Crippen molar-refractivity contribution in [1.82, 2.24) is 20.0 Å². The second-order valence-corrected chi connectivity index (χ2v) is 6.66. The predicted octanol–water partition coefficient (Wildman–Crippen LogP) is 0.371. The number of rotatable bonds is 4. The number of hydrogen-bond acceptors (Lipinski definition) is 5. The quantitative estimate of drug-likeness (QED) is 0.781. The van der Waals surface area contributed by atoms with Crippen molar-refractivity contribution in [1.29, 1.82) is 0 Å². The van der Waals surface area contributed by atoms with Crippen LogP contribution in [0.1, 0.15) is 24.2 Å². The number of piperidine rings is 1. The Morgan fingerprint density at radius 3 is 2.63 bits per heavy atom. The molecule has 7 heteroatoms. The van der Waals surface area contributed by atoms with Gasteiger partial charge in [-0.15, -0.1) is 0 Å². The minimum absolute atomic E-state index is 0.131. The third-order valence-electron chi connectivity index (χ3n) is 3.16. The van der Waals surface area contributed by atoms with Crippen LogP contribution in [0.15, 0.2) is 11.2 Å². The molecule has 1 aromatic rings. The van der Waals surface area contributed by atoms with E-state index in [2.05, 4.69) is 20.0 Å². The van der Waals surface area contributed by atoms with E-state index < -0.39 is 10.0 Å². The Bertz CT molecular complexity index is 518. The topological polar surface area (TPSA) is 84.0 Å². The van der Waals surface area contributed by atoms with Gasteiger partial charge < -0.3 is 5.32 Å². The van der Waals surface area contributed by atoms with Crippen molar-refractivity contribution < 1.29 is 8.42 Å². The van der Waals surface area contributed by atoms with Gasteiger partial charge in [0.25, 0.3) is 15.2 Å². The molecule has 1 aliphatic rings. The van der Waals surface area contributed by atoms with Gasteiger partial charge in [0.05, 0.1) is 0 Å². The lowest BCUT2D eigenvalue weighted by Gasteiger charge is -2.22. The number of nitrogens with one attached hydrogen (secondary N) is 2. The van der Waals surface area contributed by atoms with E-state index >= 15 is 0 Å². The summed E-state index contributed by atoms with van der Waals surface area (Å²) < 4.78 is 26.9. The minimum Gasteiger partial charge on any atom is -0.316 e. The van der Waals surface area contributed by atoms with E-state index in [1.807, 2.05) is 0 Å². The van der Waals surface area contributed by atoms with Crippen molar-refractivity contribution in [2.24, 2.45) is 5.92 Å². The van der Waals surface area contributed by atoms with Crippen molar-refractivity contribution in [3.63, 3.8) is 0 Å². The van der Waals surface area contributed by atoms with E-state index in [1.54, 1.807) is 19.9 Å². The molecule has 19 heavy (non-hydrogen) atoms. The standard InChI is InChI=1S/C12H20N4O2S/c1-9-6-10(2)16-12(15-9)19(17,18)14-8-11-4-3-5-13-7-11/h6,11,13-14H,3-5,7-8H2,1-2H3/t11-/m0/s1. The molecule has 2 heterocycles. The SMILES string of the molecule is Cc1cc(C)nc(S(=O)(=O)NC[C@H]2CCCNC2)n1. The summed E-state index contributed by atoms with van der Waals surface area (Å²) in [6, 6.07) is 1.75. The molecule has 106 valence electrons. The van der Waals surface area contributed by atoms with E-state index in [4.69, 9.17) is 0 Å². The number of aromatic nitrogens is 2. The Morgan fingerprint density at radius 1 is 1.37 bits per heavy atom. The van der Waals surface area contributed by atoms with Crippen LogP contribution in [-0.4, -0.2) is 38.0 Å². The van der Waals surface area contributed by atoms with Crippen LogP contribution < -0.4 is 10.0 Å². The van der Waals surface area contributed by atoms with E-state index in [1.165, 1.54) is 0 Å². The lowest BCUT2D eigenvalue weighted by molar-refractivity contribution is 0.375. The molecule has 0 amide bonds. The van der Waals surface area contributed by atoms with Crippen molar-refractivity contribution in [2.75, 3.05) is 19.6 Å². The molecule has 0 radical (unpaired) electrons. The van der Waals surface area contributed by atoms with Crippen LogP contribution in [0.4, 0.5) is 0 Å². The first-order chi connectivity index (χ1) is 8.97. The largest absolute Gasteiger partial charge is 0.316 e. The van der Waals surface area contributed by atoms with Crippen molar-refractivity contribution >= 4 is 10.0 Å². The van der Waals surface area contributed by atoms with Crippen LogP contribution in [0, 0.1) is 19.8 Å². The molecule has 1 fully saturated rings. The maximum atomic E-state index is 12.1. The fourth-order valence-corrected chi connectivity index (χ4v) is 3.32. The van der Waals surface area contributed by atoms with Crippen molar-refractivity contribution in [2.45, 2.75) is 31.8 Å². The maximum Gasteiger partial charge on any atom is 0.276 e. The van der Waals surface area contributed by atoms with E-state index in [9.17, 15) is 8.42 Å². The van der Waals surface area contributed by atoms with Crippen LogP contribution in [-0.2, 0) is 10.0 Å². The normalized spacial score (nSPS) is 20.4. The molecule has 0 spiro atoms. The molecule has 2 rings (SSSR count). The van der Waals surface area contributed by atoms with Gasteiger partial charge >= 0.3 is 0 Å². The van der Waals surface area contributed by atoms with Gasteiger partial charge in [-0.1, -0.05) is 0 Å². The molecule has 0 saturated carbocycles. The number of hydrogen-bond donors (Lipinski definition) is 2. The summed E-state index contributed by atoms with van der Waals surface area (Å²) >= 11 is 0. The van der Waals surface area contributed by atoms with E-state index in [0.29, 0.717) is 23.9 Å². The Kier molecular flexibility index (Phi) is 4.49. The van der Waals surface area contributed by atoms with Gasteiger partial charge in [0.1, 0.15) is 0 Å². The Morgan fingerprint density at radius 2 is 2.05 bits per heavy atom. The van der Waals surface area contributed by atoms with Gasteiger partial charge in [0.15, 0.2) is 0 Å². The third kappa shape index (κ3) is 3.95. The molecule has 0 unspecified atom stereocenters. The van der Waals surface area contributed by atoms with E-state index in [0.717, 1.165) is 25.9 Å². The number of aryl methyl sites for hydroxylation is 2. The van der Waals surface area contributed by atoms with Crippen LogP contribution in [0.25, 0.3) is 0 Å². The third-order valence-corrected chi connectivity index (χ3v) is 4.37. The fraction of sp³-hybridized carbons (Fsp3) is 0.667. The summed E-state index contributed by atoms with van der Waals surface area (Å²) in [6.07, 6.45) is 2.13. The molecule has 1 atom stereocenters. The summed E-state index contributed by atoms with van der Waals surface area (Å²) in [4.78, 5) is 7.98. The van der Waals surface area contributed by atoms with Crippen molar-refractivity contribution in [3.8, 4) is 0 Å². The minimum atomic E-state index is -3.60.